The minimum Gasteiger partial charge on any atom is -0.360 e. The Kier molecular flexibility index (Phi) is 4.85. The molecule has 0 aliphatic heterocycles. The molecule has 4 heterocycles. The van der Waals surface area contributed by atoms with Gasteiger partial charge in [0.15, 0.2) is 11.6 Å². The van der Waals surface area contributed by atoms with Crippen molar-refractivity contribution >= 4 is 29.3 Å². The smallest absolute Gasteiger partial charge is 0.266 e. The van der Waals surface area contributed by atoms with Crippen LogP contribution in [0.25, 0.3) is 18.0 Å². The van der Waals surface area contributed by atoms with Gasteiger partial charge in [-0.3, -0.25) is 19.1 Å². The topological polar surface area (TPSA) is 93.8 Å². The number of thiazole rings is 1. The first-order valence-corrected chi connectivity index (χ1v) is 9.73. The number of aryl methyl sites for hydroxylation is 2. The molecular weight excluding hydrogens is 388 g/mol. The Morgan fingerprint density at radius 3 is 2.66 bits per heavy atom. The van der Waals surface area contributed by atoms with Crippen molar-refractivity contribution < 1.29 is 9.32 Å². The van der Waals surface area contributed by atoms with Gasteiger partial charge in [0.1, 0.15) is 5.76 Å². The second-order valence-corrected chi connectivity index (χ2v) is 7.71. The first kappa shape index (κ1) is 18.8. The molecule has 0 unspecified atom stereocenters. The summed E-state index contributed by atoms with van der Waals surface area (Å²) in [6.07, 6.45) is 6.37. The zero-order valence-electron chi connectivity index (χ0n) is 16.1. The van der Waals surface area contributed by atoms with Crippen molar-refractivity contribution in [3.63, 3.8) is 0 Å². The summed E-state index contributed by atoms with van der Waals surface area (Å²) >= 11 is 1.24. The van der Waals surface area contributed by atoms with Gasteiger partial charge in [-0.15, -0.1) is 11.3 Å². The number of hydrogen-bond acceptors (Lipinski definition) is 6. The fourth-order valence-corrected chi connectivity index (χ4v) is 4.01. The molecule has 0 bridgehead atoms. The van der Waals surface area contributed by atoms with Crippen LogP contribution in [0.2, 0.25) is 0 Å². The fraction of sp³-hybridized carbons (Fsp3) is 0.143. The average Bonchev–Trinajstić information content (AvgIpc) is 3.34. The number of H-pyrrole nitrogens is 1. The van der Waals surface area contributed by atoms with Crippen molar-refractivity contribution in [2.45, 2.75) is 20.8 Å². The van der Waals surface area contributed by atoms with E-state index in [1.165, 1.54) is 17.4 Å². The molecule has 0 saturated carbocycles. The zero-order valence-corrected chi connectivity index (χ0v) is 16.9. The van der Waals surface area contributed by atoms with Crippen LogP contribution in [0, 0.1) is 20.8 Å². The van der Waals surface area contributed by atoms with E-state index in [1.807, 2.05) is 43.5 Å². The lowest BCUT2D eigenvalue weighted by Crippen LogP contribution is -2.20. The number of aromatic nitrogens is 4. The van der Waals surface area contributed by atoms with Crippen LogP contribution in [0.5, 0.6) is 0 Å². The molecule has 4 rings (SSSR count). The Morgan fingerprint density at radius 1 is 1.21 bits per heavy atom. The molecule has 8 heteroatoms. The van der Waals surface area contributed by atoms with E-state index in [-0.39, 0.29) is 11.3 Å². The average molecular weight is 406 g/mol. The lowest BCUT2D eigenvalue weighted by Gasteiger charge is -2.03. The van der Waals surface area contributed by atoms with Crippen LogP contribution < -0.4 is 14.8 Å². The largest absolute Gasteiger partial charge is 0.360 e. The molecule has 0 aliphatic carbocycles. The highest BCUT2D eigenvalue weighted by Gasteiger charge is 2.12. The summed E-state index contributed by atoms with van der Waals surface area (Å²) in [5.74, 6) is 1.25. The van der Waals surface area contributed by atoms with Gasteiger partial charge >= 0.3 is 0 Å². The van der Waals surface area contributed by atoms with Crippen LogP contribution in [-0.2, 0) is 0 Å². The van der Waals surface area contributed by atoms with Crippen molar-refractivity contribution in [1.82, 2.24) is 19.7 Å². The third-order valence-corrected chi connectivity index (χ3v) is 5.47. The van der Waals surface area contributed by atoms with E-state index in [2.05, 4.69) is 15.1 Å². The van der Waals surface area contributed by atoms with Crippen LogP contribution in [0.1, 0.15) is 33.1 Å². The maximum Gasteiger partial charge on any atom is 0.266 e. The Hall–Kier alpha value is -3.52. The quantitative estimate of drug-likeness (QED) is 0.524. The third kappa shape index (κ3) is 3.74. The zero-order chi connectivity index (χ0) is 20.5. The van der Waals surface area contributed by atoms with Crippen molar-refractivity contribution in [3.05, 3.63) is 84.5 Å². The molecule has 29 heavy (non-hydrogen) atoms. The van der Waals surface area contributed by atoms with Crippen LogP contribution in [-0.4, -0.2) is 25.5 Å². The molecule has 7 nitrogen and oxygen atoms in total. The monoisotopic (exact) mass is 406 g/mol. The summed E-state index contributed by atoms with van der Waals surface area (Å²) in [5, 5.41) is 4.07. The first-order chi connectivity index (χ1) is 13.9. The lowest BCUT2D eigenvalue weighted by molar-refractivity contribution is 0.106. The molecule has 4 aromatic rings. The van der Waals surface area contributed by atoms with E-state index in [0.29, 0.717) is 20.6 Å². The van der Waals surface area contributed by atoms with Gasteiger partial charge < -0.3 is 9.51 Å². The van der Waals surface area contributed by atoms with E-state index < -0.39 is 0 Å². The Labute approximate surface area is 169 Å². The summed E-state index contributed by atoms with van der Waals surface area (Å²) in [6, 6.07) is 7.12. The maximum atomic E-state index is 12.4. The lowest BCUT2D eigenvalue weighted by atomic mass is 10.2. The maximum absolute atomic E-state index is 12.4. The van der Waals surface area contributed by atoms with Crippen molar-refractivity contribution in [2.24, 2.45) is 0 Å². The molecule has 0 spiro atoms. The summed E-state index contributed by atoms with van der Waals surface area (Å²) in [6.45, 7) is 5.78. The van der Waals surface area contributed by atoms with Crippen LogP contribution >= 0.6 is 11.3 Å². The molecule has 0 saturated heterocycles. The Bertz CT molecular complexity index is 1370. The minimum absolute atomic E-state index is 0.184. The van der Waals surface area contributed by atoms with Crippen LogP contribution in [0.4, 0.5) is 0 Å². The van der Waals surface area contributed by atoms with E-state index in [1.54, 1.807) is 24.5 Å². The van der Waals surface area contributed by atoms with Gasteiger partial charge in [-0.25, -0.2) is 0 Å². The molecule has 0 aromatic carbocycles. The van der Waals surface area contributed by atoms with E-state index in [4.69, 9.17) is 4.52 Å². The van der Waals surface area contributed by atoms with Gasteiger partial charge in [0, 0.05) is 41.5 Å². The van der Waals surface area contributed by atoms with Gasteiger partial charge in [-0.1, -0.05) is 5.16 Å². The molecule has 0 amide bonds. The van der Waals surface area contributed by atoms with Crippen LogP contribution in [0.15, 0.2) is 46.0 Å². The van der Waals surface area contributed by atoms with Gasteiger partial charge in [0.25, 0.3) is 5.56 Å². The number of hydrogen-bond donors (Lipinski definition) is 1. The van der Waals surface area contributed by atoms with Gasteiger partial charge in [-0.05, 0) is 50.6 Å². The number of aromatic amines is 1. The molecule has 146 valence electrons. The number of Topliss-reactive ketones (excluding diaryl/α,β-unsaturated/α-hetero) is 1. The molecule has 4 aromatic heterocycles. The summed E-state index contributed by atoms with van der Waals surface area (Å²) in [5.41, 5.74) is 3.12. The van der Waals surface area contributed by atoms with Crippen LogP contribution in [0.3, 0.4) is 0 Å². The molecule has 0 fully saturated rings. The van der Waals surface area contributed by atoms with Gasteiger partial charge in [0.2, 0.25) is 0 Å². The Balaban J connectivity index is 1.74. The number of carbonyl (C=O) groups is 1. The third-order valence-electron chi connectivity index (χ3n) is 4.51. The van der Waals surface area contributed by atoms with Gasteiger partial charge in [0.05, 0.1) is 9.20 Å². The van der Waals surface area contributed by atoms with Crippen molar-refractivity contribution in [2.75, 3.05) is 0 Å². The number of rotatable bonds is 4. The van der Waals surface area contributed by atoms with E-state index in [0.717, 1.165) is 22.7 Å². The van der Waals surface area contributed by atoms with Crippen molar-refractivity contribution in [1.29, 1.82) is 0 Å². The second-order valence-electron chi connectivity index (χ2n) is 6.63. The fourth-order valence-electron chi connectivity index (χ4n) is 3.13. The number of carbonyl (C=O) groups excluding carboxylic acids is 1. The number of ketones is 1. The highest BCUT2D eigenvalue weighted by molar-refractivity contribution is 7.07. The number of nitrogens with zero attached hydrogens (tertiary/aromatic N) is 3. The predicted octanol–water partition coefficient (Wildman–Crippen LogP) is 2.03. The highest BCUT2D eigenvalue weighted by Crippen LogP contribution is 2.21. The molecule has 0 atom stereocenters. The van der Waals surface area contributed by atoms with Gasteiger partial charge in [-0.2, -0.15) is 0 Å². The summed E-state index contributed by atoms with van der Waals surface area (Å²) in [7, 11) is 0. The second kappa shape index (κ2) is 7.48. The highest BCUT2D eigenvalue weighted by atomic mass is 32.1. The Morgan fingerprint density at radius 2 is 1.97 bits per heavy atom. The van der Waals surface area contributed by atoms with Crippen molar-refractivity contribution in [3.8, 4) is 5.82 Å². The summed E-state index contributed by atoms with van der Waals surface area (Å²) in [4.78, 5) is 31.4. The summed E-state index contributed by atoms with van der Waals surface area (Å²) < 4.78 is 8.18. The molecule has 0 aliphatic rings. The van der Waals surface area contributed by atoms with E-state index in [9.17, 15) is 9.59 Å². The predicted molar refractivity (Wildman–Crippen MR) is 111 cm³/mol. The molecular formula is C21H18N4O3S. The molecule has 0 radical (unpaired) electrons. The normalized spacial score (nSPS) is 12.7. The number of pyridine rings is 1. The molecule has 1 N–H and O–H groups in total. The first-order valence-electron chi connectivity index (χ1n) is 8.92. The SMILES string of the molecule is Cc1cc(-n2c(C)cc(/C=c3/s/c(=C\C(=O)c4ccncc4)[nH]c3=O)c2C)no1. The number of nitrogens with one attached hydrogen (secondary N) is 1. The minimum atomic E-state index is -0.231. The van der Waals surface area contributed by atoms with E-state index >= 15 is 0 Å². The standard InChI is InChI=1S/C21H18N4O3S/c1-12-8-16(14(3)25(12)19-9-13(2)28-24-19)10-18-21(27)23-20(29-18)11-17(26)15-4-6-22-7-5-15/h4-11H,1-3H3,(H,23,27)/b18-10+,20-11-.